The van der Waals surface area contributed by atoms with E-state index >= 15 is 0 Å². The van der Waals surface area contributed by atoms with Crippen LogP contribution in [0, 0.1) is 0 Å². The highest BCUT2D eigenvalue weighted by Crippen LogP contribution is 2.21. The molecule has 0 unspecified atom stereocenters. The third-order valence-corrected chi connectivity index (χ3v) is 2.59. The molecule has 0 aromatic heterocycles. The highest BCUT2D eigenvalue weighted by atomic mass is 15.4. The van der Waals surface area contributed by atoms with Crippen molar-refractivity contribution in [3.05, 3.63) is 0 Å². The van der Waals surface area contributed by atoms with Crippen LogP contribution in [0.1, 0.15) is 46.0 Å². The molecular formula is C9H20N2. The van der Waals surface area contributed by atoms with Crippen LogP contribution in [-0.4, -0.2) is 17.1 Å². The summed E-state index contributed by atoms with van der Waals surface area (Å²) >= 11 is 0. The molecule has 1 fully saturated rings. The van der Waals surface area contributed by atoms with Crippen molar-refractivity contribution in [2.75, 3.05) is 0 Å². The maximum atomic E-state index is 5.92. The third kappa shape index (κ3) is 2.46. The number of nitrogens with two attached hydrogens (primary N) is 1. The lowest BCUT2D eigenvalue weighted by atomic mass is 9.94. The number of hydrazine groups is 1. The molecule has 1 saturated carbocycles. The van der Waals surface area contributed by atoms with Gasteiger partial charge >= 0.3 is 0 Å². The number of rotatable bonds is 2. The van der Waals surface area contributed by atoms with E-state index in [0.717, 1.165) is 0 Å². The van der Waals surface area contributed by atoms with Gasteiger partial charge < -0.3 is 0 Å². The maximum absolute atomic E-state index is 5.92. The highest BCUT2D eigenvalue weighted by Gasteiger charge is 2.19. The Balaban J connectivity index is 2.32. The number of nitrogens with zero attached hydrogens (tertiary/aromatic N) is 1. The zero-order valence-electron chi connectivity index (χ0n) is 7.71. The first-order valence-corrected chi connectivity index (χ1v) is 4.75. The first-order valence-electron chi connectivity index (χ1n) is 4.75. The molecule has 66 valence electrons. The SMILES string of the molecule is CC(C)N(N)C1CCCCC1. The molecule has 1 rings (SSSR count). The molecule has 0 aromatic rings. The first kappa shape index (κ1) is 9.01. The smallest absolute Gasteiger partial charge is 0.0244 e. The Morgan fingerprint density at radius 1 is 1.18 bits per heavy atom. The monoisotopic (exact) mass is 156 g/mol. The lowest BCUT2D eigenvalue weighted by Crippen LogP contribution is -2.46. The normalized spacial score (nSPS) is 21.5. The van der Waals surface area contributed by atoms with Gasteiger partial charge in [0.15, 0.2) is 0 Å². The largest absolute Gasteiger partial charge is 0.268 e. The first-order chi connectivity index (χ1) is 5.22. The fourth-order valence-electron chi connectivity index (χ4n) is 1.80. The van der Waals surface area contributed by atoms with Gasteiger partial charge in [-0.2, -0.15) is 0 Å². The van der Waals surface area contributed by atoms with Gasteiger partial charge in [-0.3, -0.25) is 5.84 Å². The van der Waals surface area contributed by atoms with Crippen LogP contribution >= 0.6 is 0 Å². The summed E-state index contributed by atoms with van der Waals surface area (Å²) in [6.07, 6.45) is 6.74. The van der Waals surface area contributed by atoms with Gasteiger partial charge in [-0.15, -0.1) is 0 Å². The van der Waals surface area contributed by atoms with Crippen molar-refractivity contribution in [3.8, 4) is 0 Å². The summed E-state index contributed by atoms with van der Waals surface area (Å²) < 4.78 is 0. The average Bonchev–Trinajstić information content (AvgIpc) is 2.05. The summed E-state index contributed by atoms with van der Waals surface area (Å²) in [4.78, 5) is 0. The minimum Gasteiger partial charge on any atom is -0.268 e. The lowest BCUT2D eigenvalue weighted by Gasteiger charge is -2.33. The molecule has 0 aliphatic heterocycles. The molecule has 1 aliphatic carbocycles. The molecule has 11 heavy (non-hydrogen) atoms. The second-order valence-corrected chi connectivity index (χ2v) is 3.83. The van der Waals surface area contributed by atoms with Gasteiger partial charge in [0.2, 0.25) is 0 Å². The predicted octanol–water partition coefficient (Wildman–Crippen LogP) is 1.90. The van der Waals surface area contributed by atoms with Crippen LogP contribution in [0.3, 0.4) is 0 Å². The Kier molecular flexibility index (Phi) is 3.34. The zero-order chi connectivity index (χ0) is 8.27. The zero-order valence-corrected chi connectivity index (χ0v) is 7.71. The Hall–Kier alpha value is -0.0800. The predicted molar refractivity (Wildman–Crippen MR) is 48.0 cm³/mol. The summed E-state index contributed by atoms with van der Waals surface area (Å²) in [5.74, 6) is 5.92. The van der Waals surface area contributed by atoms with E-state index in [9.17, 15) is 0 Å². The molecule has 0 bridgehead atoms. The van der Waals surface area contributed by atoms with Crippen LogP contribution in [0.5, 0.6) is 0 Å². The molecule has 0 aromatic carbocycles. The Bertz CT molecular complexity index is 106. The van der Waals surface area contributed by atoms with E-state index in [1.165, 1.54) is 32.1 Å². The van der Waals surface area contributed by atoms with E-state index in [1.807, 2.05) is 5.01 Å². The molecule has 2 heteroatoms. The summed E-state index contributed by atoms with van der Waals surface area (Å²) in [6, 6.07) is 1.15. The van der Waals surface area contributed by atoms with E-state index < -0.39 is 0 Å². The maximum Gasteiger partial charge on any atom is 0.0244 e. The molecule has 0 radical (unpaired) electrons. The lowest BCUT2D eigenvalue weighted by molar-refractivity contribution is 0.122. The fraction of sp³-hybridized carbons (Fsp3) is 1.00. The minimum atomic E-state index is 0.498. The Morgan fingerprint density at radius 2 is 1.73 bits per heavy atom. The van der Waals surface area contributed by atoms with Gasteiger partial charge in [0.25, 0.3) is 0 Å². The quantitative estimate of drug-likeness (QED) is 0.489. The van der Waals surface area contributed by atoms with Gasteiger partial charge in [0, 0.05) is 12.1 Å². The number of hydrogen-bond donors (Lipinski definition) is 1. The summed E-state index contributed by atoms with van der Waals surface area (Å²) in [7, 11) is 0. The van der Waals surface area contributed by atoms with Crippen molar-refractivity contribution < 1.29 is 0 Å². The average molecular weight is 156 g/mol. The Labute approximate surface area is 69.7 Å². The van der Waals surface area contributed by atoms with E-state index in [4.69, 9.17) is 5.84 Å². The van der Waals surface area contributed by atoms with Crippen molar-refractivity contribution >= 4 is 0 Å². The standard InChI is InChI=1S/C9H20N2/c1-8(2)11(10)9-6-4-3-5-7-9/h8-9H,3-7,10H2,1-2H3. The van der Waals surface area contributed by atoms with Crippen molar-refractivity contribution in [2.45, 2.75) is 58.0 Å². The van der Waals surface area contributed by atoms with E-state index in [1.54, 1.807) is 0 Å². The van der Waals surface area contributed by atoms with Crippen LogP contribution < -0.4 is 5.84 Å². The van der Waals surface area contributed by atoms with Crippen LogP contribution in [0.25, 0.3) is 0 Å². The molecule has 0 spiro atoms. The summed E-state index contributed by atoms with van der Waals surface area (Å²) in [5, 5.41) is 2.03. The second-order valence-electron chi connectivity index (χ2n) is 3.83. The molecule has 0 heterocycles. The molecule has 2 N–H and O–H groups in total. The minimum absolute atomic E-state index is 0.498. The molecular weight excluding hydrogens is 136 g/mol. The number of hydrogen-bond acceptors (Lipinski definition) is 2. The summed E-state index contributed by atoms with van der Waals surface area (Å²) in [5.41, 5.74) is 0. The van der Waals surface area contributed by atoms with E-state index in [2.05, 4.69) is 13.8 Å². The Morgan fingerprint density at radius 3 is 2.18 bits per heavy atom. The third-order valence-electron chi connectivity index (χ3n) is 2.59. The van der Waals surface area contributed by atoms with Crippen LogP contribution in [0.4, 0.5) is 0 Å². The van der Waals surface area contributed by atoms with E-state index in [0.29, 0.717) is 12.1 Å². The molecule has 2 nitrogen and oxygen atoms in total. The van der Waals surface area contributed by atoms with Crippen LogP contribution in [0.15, 0.2) is 0 Å². The van der Waals surface area contributed by atoms with Crippen molar-refractivity contribution in [2.24, 2.45) is 5.84 Å². The molecule has 1 aliphatic rings. The molecule has 0 atom stereocenters. The van der Waals surface area contributed by atoms with Crippen LogP contribution in [0.2, 0.25) is 0 Å². The van der Waals surface area contributed by atoms with Gasteiger partial charge in [-0.05, 0) is 26.7 Å². The van der Waals surface area contributed by atoms with E-state index in [-0.39, 0.29) is 0 Å². The van der Waals surface area contributed by atoms with Gasteiger partial charge in [0.1, 0.15) is 0 Å². The van der Waals surface area contributed by atoms with Crippen molar-refractivity contribution in [1.82, 2.24) is 5.01 Å². The molecule has 0 amide bonds. The highest BCUT2D eigenvalue weighted by molar-refractivity contribution is 4.73. The van der Waals surface area contributed by atoms with Crippen molar-refractivity contribution in [3.63, 3.8) is 0 Å². The fourth-order valence-corrected chi connectivity index (χ4v) is 1.80. The van der Waals surface area contributed by atoms with Crippen molar-refractivity contribution in [1.29, 1.82) is 0 Å². The topological polar surface area (TPSA) is 29.3 Å². The van der Waals surface area contributed by atoms with Crippen LogP contribution in [-0.2, 0) is 0 Å². The molecule has 0 saturated heterocycles. The summed E-state index contributed by atoms with van der Waals surface area (Å²) in [6.45, 7) is 4.32. The van der Waals surface area contributed by atoms with Gasteiger partial charge in [0.05, 0.1) is 0 Å². The second kappa shape index (κ2) is 4.07. The van der Waals surface area contributed by atoms with Gasteiger partial charge in [-0.25, -0.2) is 5.01 Å². The van der Waals surface area contributed by atoms with Gasteiger partial charge in [-0.1, -0.05) is 19.3 Å².